The van der Waals surface area contributed by atoms with Crippen molar-refractivity contribution in [3.05, 3.63) is 146 Å². The number of nitrogens with zero attached hydrogens (tertiary/aromatic N) is 1. The van der Waals surface area contributed by atoms with Crippen molar-refractivity contribution in [3.63, 3.8) is 0 Å². The molecule has 0 aliphatic heterocycles. The quantitative estimate of drug-likeness (QED) is 0.0195. The molecule has 9 nitrogen and oxygen atoms in total. The van der Waals surface area contributed by atoms with Gasteiger partial charge in [-0.05, 0) is 122 Å². The summed E-state index contributed by atoms with van der Waals surface area (Å²) in [4.78, 5) is 37.4. The molecule has 0 amide bonds. The van der Waals surface area contributed by atoms with Gasteiger partial charge in [-0.15, -0.1) is 0 Å². The van der Waals surface area contributed by atoms with Crippen LogP contribution in [0.3, 0.4) is 0 Å². The molecule has 0 saturated heterocycles. The predicted molar refractivity (Wildman–Crippen MR) is 347 cm³/mol. The zero-order chi connectivity index (χ0) is 59.8. The topological polar surface area (TPSA) is 111 Å². The zero-order valence-electron chi connectivity index (χ0n) is 52.8. The fourth-order valence-corrected chi connectivity index (χ4v) is 8.36. The van der Waals surface area contributed by atoms with Crippen LogP contribution in [0.15, 0.2) is 146 Å². The third-order valence-corrected chi connectivity index (χ3v) is 13.3. The number of aliphatic carboxylic acids is 1. The summed E-state index contributed by atoms with van der Waals surface area (Å²) in [6.45, 7) is 4.59. The molecule has 464 valence electrons. The van der Waals surface area contributed by atoms with Gasteiger partial charge >= 0.3 is 11.9 Å². The van der Waals surface area contributed by atoms with Crippen LogP contribution in [-0.4, -0.2) is 82.3 Å². The van der Waals surface area contributed by atoms with Gasteiger partial charge < -0.3 is 33.3 Å². The van der Waals surface area contributed by atoms with E-state index in [2.05, 4.69) is 160 Å². The van der Waals surface area contributed by atoms with E-state index in [0.717, 1.165) is 135 Å². The van der Waals surface area contributed by atoms with Crippen molar-refractivity contribution in [3.8, 4) is 0 Å². The highest BCUT2D eigenvalue weighted by molar-refractivity contribution is 5.70. The first-order valence-corrected chi connectivity index (χ1v) is 32.5. The van der Waals surface area contributed by atoms with E-state index in [9.17, 15) is 19.5 Å². The van der Waals surface area contributed by atoms with Gasteiger partial charge in [-0.3, -0.25) is 9.59 Å². The first-order chi connectivity index (χ1) is 40.1. The Hall–Kier alpha value is -4.83. The van der Waals surface area contributed by atoms with E-state index in [-0.39, 0.29) is 38.6 Å². The molecule has 0 aliphatic rings. The second kappa shape index (κ2) is 62.2. The number of allylic oxidation sites excluding steroid dienone is 24. The number of unbranched alkanes of at least 4 members (excludes halogenated alkanes) is 19. The number of esters is 2. The fraction of sp³-hybridized carbons (Fsp3) is 0.630. The van der Waals surface area contributed by atoms with E-state index >= 15 is 0 Å². The predicted octanol–water partition coefficient (Wildman–Crippen LogP) is 18.6. The van der Waals surface area contributed by atoms with Crippen LogP contribution in [0.25, 0.3) is 0 Å². The van der Waals surface area contributed by atoms with Crippen molar-refractivity contribution in [2.45, 2.75) is 251 Å². The van der Waals surface area contributed by atoms with Gasteiger partial charge in [0.25, 0.3) is 0 Å². The molecule has 2 atom stereocenters. The van der Waals surface area contributed by atoms with Gasteiger partial charge in [0.2, 0.25) is 0 Å². The average Bonchev–Trinajstić information content (AvgIpc) is 3.45. The van der Waals surface area contributed by atoms with Gasteiger partial charge in [0.1, 0.15) is 13.2 Å². The monoisotopic (exact) mass is 1140 g/mol. The second-order valence-electron chi connectivity index (χ2n) is 22.3. The number of ether oxygens (including phenoxy) is 4. The van der Waals surface area contributed by atoms with E-state index in [1.807, 2.05) is 21.1 Å². The number of rotatable bonds is 58. The van der Waals surface area contributed by atoms with Gasteiger partial charge in [-0.1, -0.05) is 250 Å². The van der Waals surface area contributed by atoms with Crippen LogP contribution in [0.1, 0.15) is 239 Å². The normalized spacial score (nSPS) is 13.7. The molecule has 2 unspecified atom stereocenters. The molecule has 0 radical (unpaired) electrons. The minimum Gasteiger partial charge on any atom is -0.545 e. The number of carboxylic acids is 1. The van der Waals surface area contributed by atoms with E-state index < -0.39 is 24.3 Å². The Balaban J connectivity index is 4.25. The summed E-state index contributed by atoms with van der Waals surface area (Å²) < 4.78 is 22.7. The third kappa shape index (κ3) is 62.8. The molecule has 82 heavy (non-hydrogen) atoms. The van der Waals surface area contributed by atoms with Gasteiger partial charge in [0.15, 0.2) is 12.4 Å². The number of carbonyl (C=O) groups excluding carboxylic acids is 3. The molecule has 0 saturated carbocycles. The van der Waals surface area contributed by atoms with Crippen molar-refractivity contribution < 1.29 is 42.9 Å². The first kappa shape index (κ1) is 77.2. The molecule has 0 aromatic heterocycles. The van der Waals surface area contributed by atoms with Gasteiger partial charge in [-0.2, -0.15) is 0 Å². The van der Waals surface area contributed by atoms with Crippen LogP contribution < -0.4 is 5.11 Å². The standard InChI is InChI=1S/C73H119NO8/c1-6-8-10-12-14-16-18-20-22-24-26-27-28-29-30-31-32-33-34-35-36-37-38-39-40-41-42-43-44-45-46-48-50-52-54-56-58-60-62-64-71(76)82-69(68-81-73(72(77)78)79-66-65-74(3,4)5)67-80-70(75)63-61-59-57-55-53-51-49-47-25-23-21-19-17-15-13-11-9-7-2/h8,10,14,16,20,22-23,25-27,29-30,32-33,35-36,38-39,41-42,44-45,48,50,69,73H,6-7,9,11-13,15,17-19,21,24,28,31,34,37,40,43,46-47,49,51-68H2,1-5H3/b10-8-,16-14-,22-20-,25-23-,27-26-,30-29-,33-32-,36-35-,39-38-,42-41-,45-44-,50-48-. The van der Waals surface area contributed by atoms with Crippen LogP contribution in [0, 0.1) is 0 Å². The summed E-state index contributed by atoms with van der Waals surface area (Å²) in [5.74, 6) is -2.33. The lowest BCUT2D eigenvalue weighted by Gasteiger charge is -2.26. The molecule has 0 bridgehead atoms. The number of quaternary nitrogens is 1. The molecular formula is C73H119NO8. The first-order valence-electron chi connectivity index (χ1n) is 32.5. The summed E-state index contributed by atoms with van der Waals surface area (Å²) in [6, 6.07) is 0. The molecule has 0 aromatic carbocycles. The van der Waals surface area contributed by atoms with E-state index in [1.165, 1.54) is 70.6 Å². The Morgan fingerprint density at radius 3 is 1.05 bits per heavy atom. The van der Waals surface area contributed by atoms with Crippen molar-refractivity contribution in [2.24, 2.45) is 0 Å². The molecule has 9 heteroatoms. The number of carboxylic acid groups (broad SMARTS) is 1. The van der Waals surface area contributed by atoms with Crippen LogP contribution in [-0.2, 0) is 33.3 Å². The molecule has 0 spiro atoms. The lowest BCUT2D eigenvalue weighted by Crippen LogP contribution is -2.44. The van der Waals surface area contributed by atoms with Crippen molar-refractivity contribution in [1.82, 2.24) is 0 Å². The molecule has 0 aromatic rings. The Bertz CT molecular complexity index is 1850. The highest BCUT2D eigenvalue weighted by atomic mass is 16.7. The van der Waals surface area contributed by atoms with E-state index in [0.29, 0.717) is 17.4 Å². The highest BCUT2D eigenvalue weighted by Gasteiger charge is 2.22. The summed E-state index contributed by atoms with van der Waals surface area (Å²) in [7, 11) is 5.91. The number of likely N-dealkylation sites (N-methyl/N-ethyl adjacent to an activating group) is 1. The van der Waals surface area contributed by atoms with Gasteiger partial charge in [0.05, 0.1) is 40.3 Å². The second-order valence-corrected chi connectivity index (χ2v) is 22.3. The Morgan fingerprint density at radius 1 is 0.378 bits per heavy atom. The highest BCUT2D eigenvalue weighted by Crippen LogP contribution is 2.14. The van der Waals surface area contributed by atoms with Crippen LogP contribution in [0.2, 0.25) is 0 Å². The van der Waals surface area contributed by atoms with Crippen molar-refractivity contribution in [1.29, 1.82) is 0 Å². The van der Waals surface area contributed by atoms with Crippen LogP contribution >= 0.6 is 0 Å². The largest absolute Gasteiger partial charge is 0.545 e. The zero-order valence-corrected chi connectivity index (χ0v) is 52.8. The Kier molecular flexibility index (Phi) is 58.6. The molecule has 0 aliphatic carbocycles. The average molecular weight is 1140 g/mol. The van der Waals surface area contributed by atoms with Crippen molar-refractivity contribution >= 4 is 17.9 Å². The number of carbonyl (C=O) groups is 3. The minimum atomic E-state index is -1.64. The maximum absolute atomic E-state index is 12.9. The van der Waals surface area contributed by atoms with Crippen molar-refractivity contribution in [2.75, 3.05) is 47.5 Å². The molecular weight excluding hydrogens is 1020 g/mol. The maximum atomic E-state index is 12.9. The summed E-state index contributed by atoms with van der Waals surface area (Å²) in [6.07, 6.45) is 87.7. The van der Waals surface area contributed by atoms with Crippen LogP contribution in [0.5, 0.6) is 0 Å². The lowest BCUT2D eigenvalue weighted by atomic mass is 10.1. The van der Waals surface area contributed by atoms with Crippen LogP contribution in [0.4, 0.5) is 0 Å². The third-order valence-electron chi connectivity index (χ3n) is 13.3. The SMILES string of the molecule is CC/C=C\C/C=C\C/C=C\C/C=C\C/C=C\C/C=C\C/C=C\C/C=C\C/C=C\C/C=C\C/C=C\CCCCCCCC(=O)OC(COC(=O)CCCCCCCCC/C=C\CCCCCCCCC)COC(OCC[N+](C)(C)C)C(=O)[O-]. The van der Waals surface area contributed by atoms with E-state index in [4.69, 9.17) is 18.9 Å². The van der Waals surface area contributed by atoms with Gasteiger partial charge in [-0.25, -0.2) is 0 Å². The van der Waals surface area contributed by atoms with E-state index in [1.54, 1.807) is 0 Å². The van der Waals surface area contributed by atoms with Gasteiger partial charge in [0, 0.05) is 12.8 Å². The molecule has 0 fully saturated rings. The number of hydrogen-bond acceptors (Lipinski definition) is 8. The smallest absolute Gasteiger partial charge is 0.306 e. The Labute approximate surface area is 502 Å². The Morgan fingerprint density at radius 2 is 0.695 bits per heavy atom. The summed E-state index contributed by atoms with van der Waals surface area (Å²) in [5.41, 5.74) is 0. The molecule has 0 rings (SSSR count). The molecule has 0 N–H and O–H groups in total. The molecule has 0 heterocycles. The summed E-state index contributed by atoms with van der Waals surface area (Å²) >= 11 is 0. The lowest BCUT2D eigenvalue weighted by molar-refractivity contribution is -0.870. The number of hydrogen-bond donors (Lipinski definition) is 0. The summed E-state index contributed by atoms with van der Waals surface area (Å²) in [5, 5.41) is 11.8. The minimum absolute atomic E-state index is 0.136. The maximum Gasteiger partial charge on any atom is 0.306 e. The fourth-order valence-electron chi connectivity index (χ4n) is 8.36.